The highest BCUT2D eigenvalue weighted by Gasteiger charge is 2.02. The summed E-state index contributed by atoms with van der Waals surface area (Å²) in [5.74, 6) is 0.350. The first-order valence-corrected chi connectivity index (χ1v) is 6.34. The maximum atomic E-state index is 11.3. The van der Waals surface area contributed by atoms with Gasteiger partial charge >= 0.3 is 0 Å². The maximum Gasteiger partial charge on any atom is 0.132 e. The Balaban J connectivity index is 2.37. The van der Waals surface area contributed by atoms with Crippen LogP contribution in [0, 0.1) is 0 Å². The molecule has 0 fully saturated rings. The summed E-state index contributed by atoms with van der Waals surface area (Å²) in [6.45, 7) is 2.02. The van der Waals surface area contributed by atoms with E-state index >= 15 is 0 Å². The molecule has 0 aliphatic heterocycles. The fourth-order valence-corrected chi connectivity index (χ4v) is 1.91. The first-order chi connectivity index (χ1) is 7.63. The normalized spacial score (nSPS) is 10.4. The van der Waals surface area contributed by atoms with Gasteiger partial charge in [0.25, 0.3) is 0 Å². The molecule has 0 aliphatic rings. The molecule has 0 aromatic heterocycles. The monoisotopic (exact) mass is 258 g/mol. The van der Waals surface area contributed by atoms with Crippen LogP contribution in [0.1, 0.15) is 38.2 Å². The zero-order valence-corrected chi connectivity index (χ0v) is 10.9. The molecule has 1 rings (SSSR count). The highest BCUT2D eigenvalue weighted by Crippen LogP contribution is 2.23. The Hall–Kier alpha value is -0.530. The number of aryl methyl sites for hydroxylation is 1. The Bertz CT molecular complexity index is 361. The summed E-state index contributed by atoms with van der Waals surface area (Å²) in [7, 11) is 0. The van der Waals surface area contributed by atoms with Crippen LogP contribution >= 0.6 is 23.2 Å². The molecule has 0 aliphatic carbocycles. The van der Waals surface area contributed by atoms with Crippen molar-refractivity contribution >= 4 is 29.0 Å². The van der Waals surface area contributed by atoms with Gasteiger partial charge in [-0.2, -0.15) is 0 Å². The Labute approximate surface area is 107 Å². The number of benzene rings is 1. The van der Waals surface area contributed by atoms with E-state index in [4.69, 9.17) is 23.2 Å². The minimum absolute atomic E-state index is 0.350. The molecule has 0 radical (unpaired) electrons. The zero-order chi connectivity index (χ0) is 12.0. The molecule has 0 spiro atoms. The molecule has 0 saturated heterocycles. The predicted molar refractivity (Wildman–Crippen MR) is 69.3 cm³/mol. The summed E-state index contributed by atoms with van der Waals surface area (Å²) in [4.78, 5) is 11.3. The van der Waals surface area contributed by atoms with E-state index in [-0.39, 0.29) is 0 Å². The second-order valence-electron chi connectivity index (χ2n) is 3.89. The molecule has 0 bridgehead atoms. The molecule has 0 N–H and O–H groups in total. The van der Waals surface area contributed by atoms with Crippen LogP contribution in [0.25, 0.3) is 0 Å². The first kappa shape index (κ1) is 13.5. The van der Waals surface area contributed by atoms with E-state index in [1.807, 2.05) is 19.1 Å². The van der Waals surface area contributed by atoms with Crippen molar-refractivity contribution < 1.29 is 4.79 Å². The largest absolute Gasteiger partial charge is 0.300 e. The standard InChI is InChI=1S/C13H16Cl2O/c1-2-4-11(16)6-3-5-10-7-8-12(14)13(15)9-10/h7-9H,2-6H2,1H3. The summed E-state index contributed by atoms with van der Waals surface area (Å²) in [5.41, 5.74) is 1.14. The lowest BCUT2D eigenvalue weighted by Gasteiger charge is -2.03. The molecule has 1 aromatic carbocycles. The van der Waals surface area contributed by atoms with Crippen molar-refractivity contribution in [2.24, 2.45) is 0 Å². The van der Waals surface area contributed by atoms with Crippen LogP contribution in [0.5, 0.6) is 0 Å². The molecule has 3 heteroatoms. The van der Waals surface area contributed by atoms with Gasteiger partial charge in [-0.3, -0.25) is 4.79 Å². The van der Waals surface area contributed by atoms with E-state index in [1.54, 1.807) is 6.07 Å². The van der Waals surface area contributed by atoms with Gasteiger partial charge in [0.05, 0.1) is 10.0 Å². The lowest BCUT2D eigenvalue weighted by molar-refractivity contribution is -0.119. The Morgan fingerprint density at radius 1 is 1.19 bits per heavy atom. The van der Waals surface area contributed by atoms with Gasteiger partial charge in [0.2, 0.25) is 0 Å². The summed E-state index contributed by atoms with van der Waals surface area (Å²) in [5, 5.41) is 1.16. The smallest absolute Gasteiger partial charge is 0.132 e. The van der Waals surface area contributed by atoms with Gasteiger partial charge in [-0.15, -0.1) is 0 Å². The highest BCUT2D eigenvalue weighted by molar-refractivity contribution is 6.42. The molecule has 0 saturated carbocycles. The SMILES string of the molecule is CCCC(=O)CCCc1ccc(Cl)c(Cl)c1. The van der Waals surface area contributed by atoms with Crippen molar-refractivity contribution in [3.63, 3.8) is 0 Å². The average molecular weight is 259 g/mol. The second kappa shape index (κ2) is 6.93. The fourth-order valence-electron chi connectivity index (χ4n) is 1.59. The van der Waals surface area contributed by atoms with E-state index in [0.717, 1.165) is 24.8 Å². The van der Waals surface area contributed by atoms with E-state index < -0.39 is 0 Å². The maximum absolute atomic E-state index is 11.3. The van der Waals surface area contributed by atoms with Crippen LogP contribution in [-0.4, -0.2) is 5.78 Å². The molecular formula is C13H16Cl2O. The summed E-state index contributed by atoms with van der Waals surface area (Å²) >= 11 is 11.7. The Morgan fingerprint density at radius 2 is 1.94 bits per heavy atom. The third-order valence-corrected chi connectivity index (χ3v) is 3.17. The average Bonchev–Trinajstić information content (AvgIpc) is 2.24. The number of hydrogen-bond donors (Lipinski definition) is 0. The number of Topliss-reactive ketones (excluding diaryl/α,β-unsaturated/α-hetero) is 1. The van der Waals surface area contributed by atoms with E-state index in [2.05, 4.69) is 0 Å². The first-order valence-electron chi connectivity index (χ1n) is 5.59. The molecule has 0 unspecified atom stereocenters. The quantitative estimate of drug-likeness (QED) is 0.724. The molecule has 0 amide bonds. The van der Waals surface area contributed by atoms with E-state index in [9.17, 15) is 4.79 Å². The molecule has 0 atom stereocenters. The van der Waals surface area contributed by atoms with Crippen LogP contribution < -0.4 is 0 Å². The van der Waals surface area contributed by atoms with Crippen LogP contribution in [0.3, 0.4) is 0 Å². The minimum Gasteiger partial charge on any atom is -0.300 e. The molecule has 16 heavy (non-hydrogen) atoms. The fraction of sp³-hybridized carbons (Fsp3) is 0.462. The van der Waals surface area contributed by atoms with Crippen LogP contribution in [0.15, 0.2) is 18.2 Å². The number of hydrogen-bond acceptors (Lipinski definition) is 1. The van der Waals surface area contributed by atoms with Crippen molar-refractivity contribution in [1.82, 2.24) is 0 Å². The zero-order valence-electron chi connectivity index (χ0n) is 9.43. The molecule has 1 nitrogen and oxygen atoms in total. The van der Waals surface area contributed by atoms with Crippen LogP contribution in [0.2, 0.25) is 10.0 Å². The van der Waals surface area contributed by atoms with Gasteiger partial charge in [0, 0.05) is 12.8 Å². The summed E-state index contributed by atoms with van der Waals surface area (Å²) in [6.07, 6.45) is 4.06. The number of carbonyl (C=O) groups excluding carboxylic acids is 1. The lowest BCUT2D eigenvalue weighted by Crippen LogP contribution is -1.97. The third kappa shape index (κ3) is 4.54. The van der Waals surface area contributed by atoms with Gasteiger partial charge in [-0.05, 0) is 37.0 Å². The molecule has 1 aromatic rings. The van der Waals surface area contributed by atoms with E-state index in [1.165, 1.54) is 0 Å². The third-order valence-electron chi connectivity index (χ3n) is 2.43. The summed E-state index contributed by atoms with van der Waals surface area (Å²) < 4.78 is 0. The van der Waals surface area contributed by atoms with Crippen molar-refractivity contribution in [2.75, 3.05) is 0 Å². The highest BCUT2D eigenvalue weighted by atomic mass is 35.5. The number of carbonyl (C=O) groups is 1. The van der Waals surface area contributed by atoms with Gasteiger partial charge in [-0.1, -0.05) is 36.2 Å². The topological polar surface area (TPSA) is 17.1 Å². The number of rotatable bonds is 6. The molecule has 0 heterocycles. The van der Waals surface area contributed by atoms with Crippen LogP contribution in [-0.2, 0) is 11.2 Å². The van der Waals surface area contributed by atoms with Gasteiger partial charge < -0.3 is 0 Å². The van der Waals surface area contributed by atoms with Gasteiger partial charge in [-0.25, -0.2) is 0 Å². The second-order valence-corrected chi connectivity index (χ2v) is 4.71. The molecular weight excluding hydrogens is 243 g/mol. The predicted octanol–water partition coefficient (Wildman–Crippen LogP) is 4.69. The van der Waals surface area contributed by atoms with Crippen molar-refractivity contribution in [1.29, 1.82) is 0 Å². The van der Waals surface area contributed by atoms with Crippen molar-refractivity contribution in [3.05, 3.63) is 33.8 Å². The lowest BCUT2D eigenvalue weighted by atomic mass is 10.0. The van der Waals surface area contributed by atoms with Crippen LogP contribution in [0.4, 0.5) is 0 Å². The summed E-state index contributed by atoms with van der Waals surface area (Å²) in [6, 6.07) is 5.62. The van der Waals surface area contributed by atoms with Crippen molar-refractivity contribution in [3.8, 4) is 0 Å². The van der Waals surface area contributed by atoms with Crippen molar-refractivity contribution in [2.45, 2.75) is 39.0 Å². The van der Waals surface area contributed by atoms with E-state index in [0.29, 0.717) is 28.7 Å². The Morgan fingerprint density at radius 3 is 2.56 bits per heavy atom. The molecule has 88 valence electrons. The van der Waals surface area contributed by atoms with Gasteiger partial charge in [0.1, 0.15) is 5.78 Å². The number of halogens is 2. The Kier molecular flexibility index (Phi) is 5.86. The minimum atomic E-state index is 0.350. The number of ketones is 1. The van der Waals surface area contributed by atoms with Gasteiger partial charge in [0.15, 0.2) is 0 Å².